The number of hydrogen-bond donors (Lipinski definition) is 3. The lowest BCUT2D eigenvalue weighted by Gasteiger charge is -2.07. The van der Waals surface area contributed by atoms with Gasteiger partial charge in [0.05, 0.1) is 30.1 Å². The third kappa shape index (κ3) is 5.76. The smallest absolute Gasteiger partial charge is 0.321 e. The lowest BCUT2D eigenvalue weighted by molar-refractivity contribution is -0.148. The molecule has 3 rings (SSSR count). The van der Waals surface area contributed by atoms with Crippen molar-refractivity contribution in [1.82, 2.24) is 20.6 Å². The summed E-state index contributed by atoms with van der Waals surface area (Å²) in [6.07, 6.45) is 1.52. The van der Waals surface area contributed by atoms with Crippen molar-refractivity contribution >= 4 is 28.8 Å². The minimum absolute atomic E-state index is 0.0841. The minimum atomic E-state index is -0.771. The summed E-state index contributed by atoms with van der Waals surface area (Å²) in [6, 6.07) is 9.45. The number of furan rings is 1. The number of esters is 1. The van der Waals surface area contributed by atoms with Crippen LogP contribution in [0.25, 0.3) is 10.9 Å². The molecule has 29 heavy (non-hydrogen) atoms. The second-order valence-electron chi connectivity index (χ2n) is 6.00. The predicted octanol–water partition coefficient (Wildman–Crippen LogP) is 1.02. The Morgan fingerprint density at radius 1 is 1.14 bits per heavy atom. The molecule has 0 bridgehead atoms. The number of benzene rings is 1. The summed E-state index contributed by atoms with van der Waals surface area (Å²) in [5.74, 6) is -0.564. The van der Waals surface area contributed by atoms with Crippen molar-refractivity contribution in [2.75, 3.05) is 6.61 Å². The first-order valence-electron chi connectivity index (χ1n) is 8.75. The number of nitrogens with zero attached hydrogens (tertiary/aromatic N) is 1. The van der Waals surface area contributed by atoms with Crippen LogP contribution in [0.4, 0.5) is 4.79 Å². The Hall–Kier alpha value is -3.95. The first-order valence-corrected chi connectivity index (χ1v) is 8.75. The summed E-state index contributed by atoms with van der Waals surface area (Å²) in [7, 11) is 0. The van der Waals surface area contributed by atoms with Gasteiger partial charge < -0.3 is 19.5 Å². The van der Waals surface area contributed by atoms with Crippen molar-refractivity contribution in [3.8, 4) is 0 Å². The van der Waals surface area contributed by atoms with E-state index in [0.717, 1.165) is 0 Å². The van der Waals surface area contributed by atoms with Crippen molar-refractivity contribution in [3.05, 3.63) is 64.6 Å². The Labute approximate surface area is 164 Å². The molecule has 1 aromatic carbocycles. The van der Waals surface area contributed by atoms with Gasteiger partial charge in [-0.1, -0.05) is 12.1 Å². The Balaban J connectivity index is 1.40. The number of fused-ring (bicyclic) bond motifs is 1. The van der Waals surface area contributed by atoms with E-state index in [1.807, 2.05) is 5.32 Å². The fourth-order valence-electron chi connectivity index (χ4n) is 2.48. The van der Waals surface area contributed by atoms with Gasteiger partial charge in [0, 0.05) is 6.42 Å². The first-order chi connectivity index (χ1) is 14.0. The molecule has 0 unspecified atom stereocenters. The van der Waals surface area contributed by atoms with Crippen LogP contribution in [0.2, 0.25) is 0 Å². The Kier molecular flexibility index (Phi) is 6.36. The SMILES string of the molecule is O=C(COC(=O)CCc1nc2ccccc2c(=O)[nH]1)NC(=O)NCc1ccco1. The van der Waals surface area contributed by atoms with E-state index in [-0.39, 0.29) is 24.9 Å². The standard InChI is InChI=1S/C19H18N4O6/c24-16(23-19(27)20-10-12-4-3-9-28-12)11-29-17(25)8-7-15-21-14-6-2-1-5-13(14)18(26)22-15/h1-6,9H,7-8,10-11H2,(H,21,22,26)(H2,20,23,24,27). The number of amides is 3. The number of aromatic amines is 1. The number of nitrogens with one attached hydrogen (secondary N) is 3. The van der Waals surface area contributed by atoms with Gasteiger partial charge in [-0.2, -0.15) is 0 Å². The zero-order chi connectivity index (χ0) is 20.6. The summed E-state index contributed by atoms with van der Waals surface area (Å²) in [4.78, 5) is 53.9. The van der Waals surface area contributed by atoms with Crippen molar-refractivity contribution in [2.45, 2.75) is 19.4 Å². The molecular weight excluding hydrogens is 380 g/mol. The normalized spacial score (nSPS) is 10.5. The van der Waals surface area contributed by atoms with E-state index in [1.165, 1.54) is 6.26 Å². The molecule has 0 spiro atoms. The molecule has 0 radical (unpaired) electrons. The number of carbonyl (C=O) groups is 3. The molecule has 0 atom stereocenters. The van der Waals surface area contributed by atoms with Gasteiger partial charge in [-0.25, -0.2) is 9.78 Å². The lowest BCUT2D eigenvalue weighted by Crippen LogP contribution is -2.41. The maximum absolute atomic E-state index is 12.0. The van der Waals surface area contributed by atoms with Crippen molar-refractivity contribution < 1.29 is 23.5 Å². The van der Waals surface area contributed by atoms with E-state index in [9.17, 15) is 19.2 Å². The maximum Gasteiger partial charge on any atom is 0.321 e. The molecule has 0 saturated carbocycles. The molecule has 10 heteroatoms. The third-order valence-electron chi connectivity index (χ3n) is 3.85. The van der Waals surface area contributed by atoms with E-state index in [2.05, 4.69) is 15.3 Å². The highest BCUT2D eigenvalue weighted by atomic mass is 16.5. The minimum Gasteiger partial charge on any atom is -0.467 e. The fraction of sp³-hybridized carbons (Fsp3) is 0.211. The molecule has 10 nitrogen and oxygen atoms in total. The average Bonchev–Trinajstić information content (AvgIpc) is 3.23. The molecule has 3 N–H and O–H groups in total. The van der Waals surface area contributed by atoms with E-state index in [1.54, 1.807) is 36.4 Å². The number of imide groups is 1. The van der Waals surface area contributed by atoms with Crippen LogP contribution in [-0.4, -0.2) is 34.5 Å². The summed E-state index contributed by atoms with van der Waals surface area (Å²) in [5, 5.41) is 4.91. The highest BCUT2D eigenvalue weighted by molar-refractivity contribution is 5.95. The van der Waals surface area contributed by atoms with Crippen molar-refractivity contribution in [3.63, 3.8) is 0 Å². The summed E-state index contributed by atoms with van der Waals surface area (Å²) in [6.45, 7) is -0.489. The van der Waals surface area contributed by atoms with Gasteiger partial charge in [0.2, 0.25) is 0 Å². The van der Waals surface area contributed by atoms with Crippen LogP contribution >= 0.6 is 0 Å². The Morgan fingerprint density at radius 2 is 1.97 bits per heavy atom. The number of urea groups is 1. The zero-order valence-electron chi connectivity index (χ0n) is 15.3. The number of aryl methyl sites for hydroxylation is 1. The molecule has 2 aromatic heterocycles. The molecule has 0 aliphatic carbocycles. The molecule has 0 aliphatic heterocycles. The first kappa shape index (κ1) is 19.8. The van der Waals surface area contributed by atoms with Gasteiger partial charge in [0.1, 0.15) is 11.6 Å². The summed E-state index contributed by atoms with van der Waals surface area (Å²) >= 11 is 0. The van der Waals surface area contributed by atoms with Crippen LogP contribution in [0.1, 0.15) is 18.0 Å². The molecule has 2 heterocycles. The number of ether oxygens (including phenoxy) is 1. The molecule has 0 aliphatic rings. The quantitative estimate of drug-likeness (QED) is 0.504. The number of aromatic nitrogens is 2. The van der Waals surface area contributed by atoms with E-state index in [0.29, 0.717) is 22.5 Å². The summed E-state index contributed by atoms with van der Waals surface area (Å²) in [5.41, 5.74) is 0.235. The highest BCUT2D eigenvalue weighted by Crippen LogP contribution is 2.07. The predicted molar refractivity (Wildman–Crippen MR) is 101 cm³/mol. The number of para-hydroxylation sites is 1. The molecule has 150 valence electrons. The Bertz CT molecular complexity index is 1070. The van der Waals surface area contributed by atoms with Gasteiger partial charge in [-0.05, 0) is 24.3 Å². The number of carbonyl (C=O) groups excluding carboxylic acids is 3. The van der Waals surface area contributed by atoms with Crippen molar-refractivity contribution in [2.24, 2.45) is 0 Å². The lowest BCUT2D eigenvalue weighted by atomic mass is 10.2. The van der Waals surface area contributed by atoms with Crippen LogP contribution in [0.15, 0.2) is 51.9 Å². The third-order valence-corrected chi connectivity index (χ3v) is 3.85. The zero-order valence-corrected chi connectivity index (χ0v) is 15.3. The Morgan fingerprint density at radius 3 is 2.76 bits per heavy atom. The topological polar surface area (TPSA) is 143 Å². The van der Waals surface area contributed by atoms with E-state index >= 15 is 0 Å². The van der Waals surface area contributed by atoms with Gasteiger partial charge >= 0.3 is 12.0 Å². The monoisotopic (exact) mass is 398 g/mol. The molecule has 0 fully saturated rings. The highest BCUT2D eigenvalue weighted by Gasteiger charge is 2.12. The van der Waals surface area contributed by atoms with E-state index < -0.39 is 24.5 Å². The molecular formula is C19H18N4O6. The van der Waals surface area contributed by atoms with Gasteiger partial charge in [-0.15, -0.1) is 0 Å². The van der Waals surface area contributed by atoms with Gasteiger partial charge in [0.25, 0.3) is 11.5 Å². The van der Waals surface area contributed by atoms with E-state index in [4.69, 9.17) is 9.15 Å². The maximum atomic E-state index is 12.0. The molecule has 3 aromatic rings. The van der Waals surface area contributed by atoms with Gasteiger partial charge in [0.15, 0.2) is 6.61 Å². The van der Waals surface area contributed by atoms with Crippen molar-refractivity contribution in [1.29, 1.82) is 0 Å². The second-order valence-corrected chi connectivity index (χ2v) is 6.00. The van der Waals surface area contributed by atoms with Crippen LogP contribution in [-0.2, 0) is 27.3 Å². The number of H-pyrrole nitrogens is 1. The molecule has 3 amide bonds. The van der Waals surface area contributed by atoms with Crippen LogP contribution in [0.3, 0.4) is 0 Å². The fourth-order valence-corrected chi connectivity index (χ4v) is 2.48. The second kappa shape index (κ2) is 9.31. The molecule has 0 saturated heterocycles. The van der Waals surface area contributed by atoms with Gasteiger partial charge in [-0.3, -0.25) is 19.7 Å². The van der Waals surface area contributed by atoms with Crippen LogP contribution < -0.4 is 16.2 Å². The largest absolute Gasteiger partial charge is 0.467 e. The number of hydrogen-bond acceptors (Lipinski definition) is 7. The average molecular weight is 398 g/mol. The van der Waals surface area contributed by atoms with Crippen LogP contribution in [0, 0.1) is 0 Å². The number of rotatable bonds is 7. The van der Waals surface area contributed by atoms with Crippen LogP contribution in [0.5, 0.6) is 0 Å². The summed E-state index contributed by atoms with van der Waals surface area (Å²) < 4.78 is 9.86.